The summed E-state index contributed by atoms with van der Waals surface area (Å²) >= 11 is 1.65. The smallest absolute Gasteiger partial charge is 0.253 e. The number of anilines is 2. The number of nitrogens with zero attached hydrogens (tertiary/aromatic N) is 1. The summed E-state index contributed by atoms with van der Waals surface area (Å²) < 4.78 is 0. The van der Waals surface area contributed by atoms with E-state index in [1.54, 1.807) is 36.6 Å². The molecule has 1 aromatic heterocycles. The molecule has 0 saturated carbocycles. The third-order valence-corrected chi connectivity index (χ3v) is 3.86. The van der Waals surface area contributed by atoms with E-state index >= 15 is 0 Å². The lowest BCUT2D eigenvalue weighted by Crippen LogP contribution is -2.20. The van der Waals surface area contributed by atoms with E-state index in [2.05, 4.69) is 15.6 Å². The predicted octanol–water partition coefficient (Wildman–Crippen LogP) is 2.05. The van der Waals surface area contributed by atoms with Gasteiger partial charge in [-0.15, -0.1) is 11.3 Å². The van der Waals surface area contributed by atoms with E-state index in [1.165, 1.54) is 0 Å². The Labute approximate surface area is 122 Å². The summed E-state index contributed by atoms with van der Waals surface area (Å²) in [6.07, 6.45) is 0.820. The van der Waals surface area contributed by atoms with Gasteiger partial charge in [-0.05, 0) is 25.1 Å². The second-order valence-corrected chi connectivity index (χ2v) is 5.39. The Hall–Kier alpha value is -2.08. The highest BCUT2D eigenvalue weighted by molar-refractivity contribution is 7.09. The molecule has 106 valence electrons. The summed E-state index contributed by atoms with van der Waals surface area (Å²) in [5, 5.41) is 8.99. The number of hydrogen-bond donors (Lipinski definition) is 3. The fourth-order valence-corrected chi connectivity index (χ4v) is 2.64. The summed E-state index contributed by atoms with van der Waals surface area (Å²) in [6.45, 7) is 2.69. The van der Waals surface area contributed by atoms with Gasteiger partial charge in [-0.25, -0.2) is 4.98 Å². The van der Waals surface area contributed by atoms with Crippen LogP contribution in [0.25, 0.3) is 0 Å². The summed E-state index contributed by atoms with van der Waals surface area (Å²) in [4.78, 5) is 16.2. The molecule has 2 aromatic rings. The Bertz CT molecular complexity index is 609. The predicted molar refractivity (Wildman–Crippen MR) is 83.3 cm³/mol. The summed E-state index contributed by atoms with van der Waals surface area (Å²) in [6, 6.07) is 5.22. The molecule has 0 aliphatic heterocycles. The van der Waals surface area contributed by atoms with Crippen LogP contribution in [-0.4, -0.2) is 24.5 Å². The Balaban J connectivity index is 2.04. The van der Waals surface area contributed by atoms with E-state index in [1.807, 2.05) is 12.3 Å². The van der Waals surface area contributed by atoms with E-state index < -0.39 is 0 Å². The molecule has 0 aliphatic rings. The second-order valence-electron chi connectivity index (χ2n) is 4.44. The molecule has 0 radical (unpaired) electrons. The van der Waals surface area contributed by atoms with Gasteiger partial charge in [0.05, 0.1) is 10.6 Å². The molecule has 5 nitrogen and oxygen atoms in total. The zero-order valence-electron chi connectivity index (χ0n) is 11.6. The second kappa shape index (κ2) is 6.38. The van der Waals surface area contributed by atoms with Gasteiger partial charge in [0.2, 0.25) is 0 Å². The molecule has 0 saturated heterocycles. The number of rotatable bonds is 5. The van der Waals surface area contributed by atoms with Crippen LogP contribution in [0.4, 0.5) is 11.4 Å². The maximum Gasteiger partial charge on any atom is 0.253 e. The van der Waals surface area contributed by atoms with Gasteiger partial charge in [-0.3, -0.25) is 4.79 Å². The minimum Gasteiger partial charge on any atom is -0.399 e. The molecular formula is C14H18N4OS. The maximum absolute atomic E-state index is 11.8. The minimum atomic E-state index is -0.127. The molecule has 0 bridgehead atoms. The normalized spacial score (nSPS) is 10.3. The highest BCUT2D eigenvalue weighted by Gasteiger charge is 2.10. The van der Waals surface area contributed by atoms with Crippen molar-refractivity contribution in [1.82, 2.24) is 10.3 Å². The molecular weight excluding hydrogens is 272 g/mol. The SMILES string of the molecule is CNC(=O)c1ccc(N)cc1NCCc1nc(C)cs1. The van der Waals surface area contributed by atoms with Gasteiger partial charge < -0.3 is 16.4 Å². The van der Waals surface area contributed by atoms with Gasteiger partial charge in [0, 0.05) is 42.5 Å². The lowest BCUT2D eigenvalue weighted by molar-refractivity contribution is 0.0964. The number of amides is 1. The molecule has 1 amide bonds. The lowest BCUT2D eigenvalue weighted by Gasteiger charge is -2.11. The van der Waals surface area contributed by atoms with E-state index in [9.17, 15) is 4.79 Å². The van der Waals surface area contributed by atoms with E-state index in [0.717, 1.165) is 22.8 Å². The van der Waals surface area contributed by atoms with E-state index in [-0.39, 0.29) is 5.91 Å². The first-order chi connectivity index (χ1) is 9.60. The Morgan fingerprint density at radius 3 is 2.90 bits per heavy atom. The minimum absolute atomic E-state index is 0.127. The number of carbonyl (C=O) groups is 1. The van der Waals surface area contributed by atoms with Gasteiger partial charge in [-0.2, -0.15) is 0 Å². The maximum atomic E-state index is 11.8. The van der Waals surface area contributed by atoms with Crippen LogP contribution in [-0.2, 0) is 6.42 Å². The number of nitrogens with one attached hydrogen (secondary N) is 2. The molecule has 0 atom stereocenters. The van der Waals surface area contributed by atoms with Crippen molar-refractivity contribution in [2.45, 2.75) is 13.3 Å². The van der Waals surface area contributed by atoms with Crippen molar-refractivity contribution in [3.05, 3.63) is 39.8 Å². The summed E-state index contributed by atoms with van der Waals surface area (Å²) in [5.41, 5.74) is 8.79. The standard InChI is InChI=1S/C14H18N4OS/c1-9-8-20-13(18-9)5-6-17-12-7-10(15)3-4-11(12)14(19)16-2/h3-4,7-8,17H,5-6,15H2,1-2H3,(H,16,19). The van der Waals surface area contributed by atoms with Crippen LogP contribution < -0.4 is 16.4 Å². The lowest BCUT2D eigenvalue weighted by atomic mass is 10.1. The van der Waals surface area contributed by atoms with Gasteiger partial charge in [-0.1, -0.05) is 0 Å². The van der Waals surface area contributed by atoms with Crippen LogP contribution in [0.5, 0.6) is 0 Å². The molecule has 4 N–H and O–H groups in total. The first-order valence-corrected chi connectivity index (χ1v) is 7.24. The number of aryl methyl sites for hydroxylation is 1. The van der Waals surface area contributed by atoms with Gasteiger partial charge in [0.25, 0.3) is 5.91 Å². The average Bonchev–Trinajstić information content (AvgIpc) is 2.84. The number of benzene rings is 1. The molecule has 20 heavy (non-hydrogen) atoms. The van der Waals surface area contributed by atoms with Crippen LogP contribution in [0, 0.1) is 6.92 Å². The van der Waals surface area contributed by atoms with Crippen molar-refractivity contribution in [3.63, 3.8) is 0 Å². The molecule has 0 unspecified atom stereocenters. The highest BCUT2D eigenvalue weighted by atomic mass is 32.1. The molecule has 0 aliphatic carbocycles. The van der Waals surface area contributed by atoms with Crippen LogP contribution in [0.3, 0.4) is 0 Å². The Kier molecular flexibility index (Phi) is 4.57. The molecule has 1 aromatic carbocycles. The van der Waals surface area contributed by atoms with Crippen molar-refractivity contribution in [2.24, 2.45) is 0 Å². The Morgan fingerprint density at radius 2 is 2.25 bits per heavy atom. The highest BCUT2D eigenvalue weighted by Crippen LogP contribution is 2.19. The number of hydrogen-bond acceptors (Lipinski definition) is 5. The van der Waals surface area contributed by atoms with Gasteiger partial charge in [0.1, 0.15) is 0 Å². The number of thiazole rings is 1. The molecule has 0 fully saturated rings. The number of nitrogen functional groups attached to an aromatic ring is 1. The van der Waals surface area contributed by atoms with Crippen molar-refractivity contribution >= 4 is 28.6 Å². The quantitative estimate of drug-likeness (QED) is 0.736. The molecule has 6 heteroatoms. The molecule has 1 heterocycles. The monoisotopic (exact) mass is 290 g/mol. The zero-order valence-corrected chi connectivity index (χ0v) is 12.4. The third-order valence-electron chi connectivity index (χ3n) is 2.84. The summed E-state index contributed by atoms with van der Waals surface area (Å²) in [7, 11) is 1.61. The third kappa shape index (κ3) is 3.48. The van der Waals surface area contributed by atoms with Gasteiger partial charge in [0.15, 0.2) is 0 Å². The van der Waals surface area contributed by atoms with Crippen LogP contribution in [0.1, 0.15) is 21.1 Å². The topological polar surface area (TPSA) is 80.0 Å². The zero-order chi connectivity index (χ0) is 14.5. The van der Waals surface area contributed by atoms with Crippen LogP contribution in [0.2, 0.25) is 0 Å². The van der Waals surface area contributed by atoms with E-state index in [0.29, 0.717) is 17.8 Å². The molecule has 2 rings (SSSR count). The van der Waals surface area contributed by atoms with Crippen LogP contribution in [0.15, 0.2) is 23.6 Å². The Morgan fingerprint density at radius 1 is 1.45 bits per heavy atom. The largest absolute Gasteiger partial charge is 0.399 e. The molecule has 0 spiro atoms. The van der Waals surface area contributed by atoms with E-state index in [4.69, 9.17) is 5.73 Å². The number of aromatic nitrogens is 1. The first kappa shape index (κ1) is 14.3. The fourth-order valence-electron chi connectivity index (χ4n) is 1.86. The average molecular weight is 290 g/mol. The van der Waals surface area contributed by atoms with Crippen LogP contribution >= 0.6 is 11.3 Å². The fraction of sp³-hybridized carbons (Fsp3) is 0.286. The summed E-state index contributed by atoms with van der Waals surface area (Å²) in [5.74, 6) is -0.127. The first-order valence-electron chi connectivity index (χ1n) is 6.36. The van der Waals surface area contributed by atoms with Crippen molar-refractivity contribution in [1.29, 1.82) is 0 Å². The number of carbonyl (C=O) groups excluding carboxylic acids is 1. The van der Waals surface area contributed by atoms with Crippen molar-refractivity contribution < 1.29 is 4.79 Å². The van der Waals surface area contributed by atoms with Crippen molar-refractivity contribution in [3.8, 4) is 0 Å². The van der Waals surface area contributed by atoms with Gasteiger partial charge >= 0.3 is 0 Å². The van der Waals surface area contributed by atoms with Crippen molar-refractivity contribution in [2.75, 3.05) is 24.6 Å². The number of nitrogens with two attached hydrogens (primary N) is 1.